The molecule has 3 N–H and O–H groups in total. The van der Waals surface area contributed by atoms with E-state index >= 15 is 0 Å². The highest BCUT2D eigenvalue weighted by atomic mass is 16.5. The van der Waals surface area contributed by atoms with Gasteiger partial charge in [-0.1, -0.05) is 224 Å². The summed E-state index contributed by atoms with van der Waals surface area (Å²) in [5.74, 6) is -0.0816. The molecule has 0 rings (SSSR count). The van der Waals surface area contributed by atoms with Gasteiger partial charge in [-0.25, -0.2) is 0 Å². The van der Waals surface area contributed by atoms with Crippen molar-refractivity contribution in [2.24, 2.45) is 0 Å². The van der Waals surface area contributed by atoms with Crippen LogP contribution in [-0.2, 0) is 14.3 Å². The molecule has 58 heavy (non-hydrogen) atoms. The molecule has 0 bridgehead atoms. The lowest BCUT2D eigenvalue weighted by atomic mass is 10.0. The minimum Gasteiger partial charge on any atom is -0.466 e. The van der Waals surface area contributed by atoms with Crippen LogP contribution in [0.2, 0.25) is 0 Å². The first-order valence-corrected chi connectivity index (χ1v) is 25.6. The highest BCUT2D eigenvalue weighted by molar-refractivity contribution is 5.76. The van der Waals surface area contributed by atoms with Gasteiger partial charge < -0.3 is 20.3 Å². The molecule has 0 saturated carbocycles. The van der Waals surface area contributed by atoms with Crippen molar-refractivity contribution in [3.8, 4) is 0 Å². The summed E-state index contributed by atoms with van der Waals surface area (Å²) in [5, 5.41) is 22.9. The number of nitrogens with one attached hydrogen (secondary N) is 1. The molecule has 0 aromatic heterocycles. The van der Waals surface area contributed by atoms with Crippen molar-refractivity contribution in [1.29, 1.82) is 0 Å². The number of hydrogen-bond acceptors (Lipinski definition) is 5. The Bertz CT molecular complexity index is 904. The Balaban J connectivity index is 3.46. The number of carbonyl (C=O) groups is 2. The number of unbranched alkanes of at least 4 members (excludes halogenated alkanes) is 34. The molecule has 0 aromatic rings. The Morgan fingerprint density at radius 1 is 0.466 bits per heavy atom. The zero-order chi connectivity index (χ0) is 42.3. The van der Waals surface area contributed by atoms with E-state index in [1.54, 1.807) is 6.08 Å². The average molecular weight is 818 g/mol. The van der Waals surface area contributed by atoms with Gasteiger partial charge in [-0.15, -0.1) is 0 Å². The molecular formula is C52H99NO5. The first-order valence-electron chi connectivity index (χ1n) is 25.6. The second kappa shape index (κ2) is 48.0. The molecule has 2 atom stereocenters. The van der Waals surface area contributed by atoms with E-state index in [0.29, 0.717) is 19.4 Å². The highest BCUT2D eigenvalue weighted by Crippen LogP contribution is 2.15. The summed E-state index contributed by atoms with van der Waals surface area (Å²) in [6, 6.07) is -0.635. The molecule has 6 heteroatoms. The SMILES string of the molecule is CCCCCCCCCCC/C=C/C(O)C(CO)NC(=O)CCCCCCC/C=C\CCCCCCCCCCCOC(=O)CCCCCCCCCCCCCC. The van der Waals surface area contributed by atoms with E-state index in [0.717, 1.165) is 57.8 Å². The van der Waals surface area contributed by atoms with Crippen LogP contribution in [0.4, 0.5) is 0 Å². The van der Waals surface area contributed by atoms with Crippen LogP contribution in [0.5, 0.6) is 0 Å². The lowest BCUT2D eigenvalue weighted by molar-refractivity contribution is -0.143. The fourth-order valence-electron chi connectivity index (χ4n) is 7.74. The average Bonchev–Trinajstić information content (AvgIpc) is 3.22. The van der Waals surface area contributed by atoms with Crippen LogP contribution >= 0.6 is 0 Å². The number of allylic oxidation sites excluding steroid dienone is 3. The van der Waals surface area contributed by atoms with Crippen LogP contribution in [0.1, 0.15) is 271 Å². The van der Waals surface area contributed by atoms with Crippen LogP contribution in [0.15, 0.2) is 24.3 Å². The molecule has 6 nitrogen and oxygen atoms in total. The van der Waals surface area contributed by atoms with Gasteiger partial charge in [-0.2, -0.15) is 0 Å². The summed E-state index contributed by atoms with van der Waals surface area (Å²) in [7, 11) is 0. The second-order valence-electron chi connectivity index (χ2n) is 17.5. The lowest BCUT2D eigenvalue weighted by Gasteiger charge is -2.20. The first-order chi connectivity index (χ1) is 28.5. The van der Waals surface area contributed by atoms with Gasteiger partial charge in [0.25, 0.3) is 0 Å². The standard InChI is InChI=1S/C52H99NO5/c1-3-5-7-9-11-13-15-26-30-34-38-42-46-52(57)58-47-43-39-35-31-27-23-21-19-17-16-18-20-22-25-29-33-37-41-45-51(56)53-49(48-54)50(55)44-40-36-32-28-24-14-12-10-8-6-4-2/h18,20,40,44,49-50,54-55H,3-17,19,21-39,41-43,45-48H2,1-2H3,(H,53,56)/b20-18-,44-40+. The highest BCUT2D eigenvalue weighted by Gasteiger charge is 2.18. The van der Waals surface area contributed by atoms with Crippen molar-refractivity contribution in [2.45, 2.75) is 283 Å². The van der Waals surface area contributed by atoms with E-state index in [1.807, 2.05) is 6.08 Å². The van der Waals surface area contributed by atoms with Gasteiger partial charge in [0, 0.05) is 12.8 Å². The quantitative estimate of drug-likeness (QED) is 0.0323. The van der Waals surface area contributed by atoms with E-state index < -0.39 is 12.1 Å². The summed E-state index contributed by atoms with van der Waals surface area (Å²) >= 11 is 0. The zero-order valence-corrected chi connectivity index (χ0v) is 38.8. The van der Waals surface area contributed by atoms with E-state index in [4.69, 9.17) is 4.74 Å². The summed E-state index contributed by atoms with van der Waals surface area (Å²) in [6.45, 7) is 4.87. The van der Waals surface area contributed by atoms with Crippen molar-refractivity contribution < 1.29 is 24.5 Å². The summed E-state index contributed by atoms with van der Waals surface area (Å²) < 4.78 is 5.45. The number of aliphatic hydroxyl groups excluding tert-OH is 2. The number of carbonyl (C=O) groups excluding carboxylic acids is 2. The Morgan fingerprint density at radius 2 is 0.810 bits per heavy atom. The molecule has 0 aromatic carbocycles. The maximum atomic E-state index is 12.4. The Labute approximate surface area is 361 Å². The molecular weight excluding hydrogens is 719 g/mol. The maximum absolute atomic E-state index is 12.4. The minimum atomic E-state index is -0.850. The number of esters is 1. The summed E-state index contributed by atoms with van der Waals surface area (Å²) in [6.07, 6.45) is 56.1. The molecule has 0 fully saturated rings. The van der Waals surface area contributed by atoms with Gasteiger partial charge in [0.1, 0.15) is 0 Å². The van der Waals surface area contributed by atoms with Gasteiger partial charge in [-0.3, -0.25) is 9.59 Å². The number of ether oxygens (including phenoxy) is 1. The van der Waals surface area contributed by atoms with Crippen LogP contribution in [-0.4, -0.2) is 47.4 Å². The van der Waals surface area contributed by atoms with Crippen molar-refractivity contribution >= 4 is 11.9 Å². The Morgan fingerprint density at radius 3 is 1.22 bits per heavy atom. The molecule has 0 radical (unpaired) electrons. The van der Waals surface area contributed by atoms with Crippen LogP contribution in [0.25, 0.3) is 0 Å². The zero-order valence-electron chi connectivity index (χ0n) is 38.8. The molecule has 0 aliphatic carbocycles. The minimum absolute atomic E-state index is 0.00226. The maximum Gasteiger partial charge on any atom is 0.305 e. The monoisotopic (exact) mass is 818 g/mol. The van der Waals surface area contributed by atoms with Crippen molar-refractivity contribution in [2.75, 3.05) is 13.2 Å². The number of amides is 1. The van der Waals surface area contributed by atoms with Crippen molar-refractivity contribution in [3.05, 3.63) is 24.3 Å². The van der Waals surface area contributed by atoms with Crippen LogP contribution < -0.4 is 5.32 Å². The van der Waals surface area contributed by atoms with Gasteiger partial charge >= 0.3 is 5.97 Å². The number of hydrogen-bond donors (Lipinski definition) is 3. The third kappa shape index (κ3) is 43.9. The number of aliphatic hydroxyl groups is 2. The molecule has 0 aliphatic rings. The topological polar surface area (TPSA) is 95.9 Å². The third-order valence-corrected chi connectivity index (χ3v) is 11.7. The molecule has 0 saturated heterocycles. The van der Waals surface area contributed by atoms with E-state index in [9.17, 15) is 19.8 Å². The summed E-state index contributed by atoms with van der Waals surface area (Å²) in [5.41, 5.74) is 0. The smallest absolute Gasteiger partial charge is 0.305 e. The lowest BCUT2D eigenvalue weighted by Crippen LogP contribution is -2.45. The summed E-state index contributed by atoms with van der Waals surface area (Å²) in [4.78, 5) is 24.4. The van der Waals surface area contributed by atoms with Crippen LogP contribution in [0, 0.1) is 0 Å². The fourth-order valence-corrected chi connectivity index (χ4v) is 7.74. The largest absolute Gasteiger partial charge is 0.466 e. The second-order valence-corrected chi connectivity index (χ2v) is 17.5. The van der Waals surface area contributed by atoms with E-state index in [1.165, 1.54) is 186 Å². The fraction of sp³-hybridized carbons (Fsp3) is 0.885. The molecule has 0 spiro atoms. The molecule has 342 valence electrons. The van der Waals surface area contributed by atoms with Gasteiger partial charge in [0.15, 0.2) is 0 Å². The molecule has 2 unspecified atom stereocenters. The third-order valence-electron chi connectivity index (χ3n) is 11.7. The predicted octanol–water partition coefficient (Wildman–Crippen LogP) is 15.1. The first kappa shape index (κ1) is 56.3. The van der Waals surface area contributed by atoms with Gasteiger partial charge in [0.2, 0.25) is 5.91 Å². The van der Waals surface area contributed by atoms with Gasteiger partial charge in [0.05, 0.1) is 25.4 Å². The predicted molar refractivity (Wildman–Crippen MR) is 250 cm³/mol. The molecule has 1 amide bonds. The van der Waals surface area contributed by atoms with E-state index in [2.05, 4.69) is 31.3 Å². The normalized spacial score (nSPS) is 12.8. The molecule has 0 heterocycles. The van der Waals surface area contributed by atoms with Gasteiger partial charge in [-0.05, 0) is 57.8 Å². The van der Waals surface area contributed by atoms with Crippen molar-refractivity contribution in [3.63, 3.8) is 0 Å². The Kier molecular flexibility index (Phi) is 46.6. The molecule has 0 aliphatic heterocycles. The van der Waals surface area contributed by atoms with Crippen LogP contribution in [0.3, 0.4) is 0 Å². The van der Waals surface area contributed by atoms with E-state index in [-0.39, 0.29) is 18.5 Å². The Hall–Kier alpha value is -1.66. The van der Waals surface area contributed by atoms with Crippen molar-refractivity contribution in [1.82, 2.24) is 5.32 Å². The number of rotatable bonds is 47.